The molecule has 3 aliphatic carbocycles. The van der Waals surface area contributed by atoms with Crippen molar-refractivity contribution in [2.24, 2.45) is 17.8 Å². The van der Waals surface area contributed by atoms with Gasteiger partial charge in [0.25, 0.3) is 0 Å². The third-order valence-corrected chi connectivity index (χ3v) is 5.16. The molecular formula is C10H11BrO. The largest absolute Gasteiger partial charge is 0.298 e. The predicted molar refractivity (Wildman–Crippen MR) is 50.1 cm³/mol. The number of hydrogen-bond acceptors (Lipinski definition) is 1. The van der Waals surface area contributed by atoms with Gasteiger partial charge in [0, 0.05) is 5.92 Å². The first-order valence-electron chi connectivity index (χ1n) is 4.63. The van der Waals surface area contributed by atoms with Gasteiger partial charge in [0.05, 0.1) is 4.32 Å². The molecule has 64 valence electrons. The molecule has 0 N–H and O–H groups in total. The van der Waals surface area contributed by atoms with Gasteiger partial charge in [-0.15, -0.1) is 0 Å². The van der Waals surface area contributed by atoms with E-state index in [0.717, 1.165) is 12.8 Å². The fourth-order valence-corrected chi connectivity index (χ4v) is 3.93. The third-order valence-electron chi connectivity index (χ3n) is 3.79. The lowest BCUT2D eigenvalue weighted by Gasteiger charge is -2.32. The second kappa shape index (κ2) is 2.03. The molecule has 3 aliphatic rings. The first-order chi connectivity index (χ1) is 5.72. The zero-order valence-electron chi connectivity index (χ0n) is 6.79. The molecule has 2 saturated carbocycles. The summed E-state index contributed by atoms with van der Waals surface area (Å²) in [5, 5.41) is 0. The fourth-order valence-electron chi connectivity index (χ4n) is 3.07. The standard InChI is InChI=1S/C10H11BrO/c11-10-4-3-8(9(10)12)6-1-2-7(10)5-6/h1-2,6-8H,3-5H2/t6-,7+,8+,10+/m1/s1. The molecule has 2 heteroatoms. The maximum atomic E-state index is 11.9. The van der Waals surface area contributed by atoms with Crippen LogP contribution in [-0.2, 0) is 4.79 Å². The minimum absolute atomic E-state index is 0.152. The van der Waals surface area contributed by atoms with E-state index in [0.29, 0.717) is 23.5 Å². The third kappa shape index (κ3) is 0.642. The first-order valence-corrected chi connectivity index (χ1v) is 5.43. The average Bonchev–Trinajstić information content (AvgIpc) is 2.53. The lowest BCUT2D eigenvalue weighted by atomic mass is 9.77. The highest BCUT2D eigenvalue weighted by atomic mass is 79.9. The minimum Gasteiger partial charge on any atom is -0.298 e. The molecule has 0 aliphatic heterocycles. The molecule has 0 spiro atoms. The molecule has 0 heterocycles. The molecule has 2 fully saturated rings. The van der Waals surface area contributed by atoms with Gasteiger partial charge in [-0.3, -0.25) is 4.79 Å². The summed E-state index contributed by atoms with van der Waals surface area (Å²) in [6.45, 7) is 0. The number of Topliss-reactive ketones (excluding diaryl/α,β-unsaturated/α-hetero) is 1. The number of hydrogen-bond donors (Lipinski definition) is 0. The van der Waals surface area contributed by atoms with Crippen molar-refractivity contribution in [2.45, 2.75) is 23.6 Å². The Morgan fingerprint density at radius 1 is 1.50 bits per heavy atom. The van der Waals surface area contributed by atoms with Crippen LogP contribution in [0.15, 0.2) is 12.2 Å². The average molecular weight is 227 g/mol. The summed E-state index contributed by atoms with van der Waals surface area (Å²) in [4.78, 5) is 11.9. The number of carbonyl (C=O) groups excluding carboxylic acids is 1. The maximum Gasteiger partial charge on any atom is 0.153 e. The molecule has 4 bridgehead atoms. The van der Waals surface area contributed by atoms with Crippen LogP contribution in [0.1, 0.15) is 19.3 Å². The zero-order chi connectivity index (χ0) is 8.34. The van der Waals surface area contributed by atoms with Crippen LogP contribution in [0.4, 0.5) is 0 Å². The van der Waals surface area contributed by atoms with Gasteiger partial charge < -0.3 is 0 Å². The lowest BCUT2D eigenvalue weighted by molar-refractivity contribution is -0.125. The fraction of sp³-hybridized carbons (Fsp3) is 0.700. The van der Waals surface area contributed by atoms with E-state index in [2.05, 4.69) is 28.1 Å². The van der Waals surface area contributed by atoms with E-state index < -0.39 is 0 Å². The van der Waals surface area contributed by atoms with E-state index in [1.807, 2.05) is 0 Å². The Labute approximate surface area is 80.3 Å². The van der Waals surface area contributed by atoms with Crippen molar-refractivity contribution < 1.29 is 4.79 Å². The van der Waals surface area contributed by atoms with Gasteiger partial charge in [-0.1, -0.05) is 28.1 Å². The second-order valence-corrected chi connectivity index (χ2v) is 5.68. The van der Waals surface area contributed by atoms with Crippen molar-refractivity contribution >= 4 is 21.7 Å². The number of carbonyl (C=O) groups is 1. The normalized spacial score (nSPS) is 55.1. The molecule has 0 saturated heterocycles. The summed E-state index contributed by atoms with van der Waals surface area (Å²) in [5.41, 5.74) is 0. The van der Waals surface area contributed by atoms with Crippen LogP contribution in [-0.4, -0.2) is 10.1 Å². The molecule has 0 amide bonds. The van der Waals surface area contributed by atoms with Gasteiger partial charge >= 0.3 is 0 Å². The summed E-state index contributed by atoms with van der Waals surface area (Å²) in [5.74, 6) is 1.90. The van der Waals surface area contributed by atoms with E-state index >= 15 is 0 Å². The van der Waals surface area contributed by atoms with Crippen LogP contribution in [0, 0.1) is 17.8 Å². The molecular weight excluding hydrogens is 216 g/mol. The van der Waals surface area contributed by atoms with Crippen molar-refractivity contribution in [3.8, 4) is 0 Å². The van der Waals surface area contributed by atoms with Gasteiger partial charge in [0.1, 0.15) is 0 Å². The van der Waals surface area contributed by atoms with Gasteiger partial charge in [0.2, 0.25) is 0 Å². The Hall–Kier alpha value is -0.110. The van der Waals surface area contributed by atoms with Crippen LogP contribution in [0.25, 0.3) is 0 Å². The van der Waals surface area contributed by atoms with E-state index in [9.17, 15) is 4.79 Å². The molecule has 0 unspecified atom stereocenters. The molecule has 4 atom stereocenters. The zero-order valence-corrected chi connectivity index (χ0v) is 8.38. The molecule has 0 aromatic carbocycles. The number of rotatable bonds is 0. The van der Waals surface area contributed by atoms with Crippen LogP contribution in [0.5, 0.6) is 0 Å². The second-order valence-electron chi connectivity index (χ2n) is 4.26. The van der Waals surface area contributed by atoms with Crippen molar-refractivity contribution in [1.82, 2.24) is 0 Å². The Bertz CT molecular complexity index is 284. The number of allylic oxidation sites excluding steroid dienone is 2. The quantitative estimate of drug-likeness (QED) is 0.458. The van der Waals surface area contributed by atoms with Crippen LogP contribution in [0.3, 0.4) is 0 Å². The first kappa shape index (κ1) is 7.31. The van der Waals surface area contributed by atoms with Crippen molar-refractivity contribution in [3.05, 3.63) is 12.2 Å². The number of alkyl halides is 1. The van der Waals surface area contributed by atoms with E-state index in [4.69, 9.17) is 0 Å². The topological polar surface area (TPSA) is 17.1 Å². The molecule has 12 heavy (non-hydrogen) atoms. The highest BCUT2D eigenvalue weighted by molar-refractivity contribution is 9.10. The van der Waals surface area contributed by atoms with Crippen LogP contribution < -0.4 is 0 Å². The Morgan fingerprint density at radius 2 is 2.33 bits per heavy atom. The minimum atomic E-state index is -0.152. The molecule has 0 aromatic heterocycles. The lowest BCUT2D eigenvalue weighted by Crippen LogP contribution is -2.41. The highest BCUT2D eigenvalue weighted by Gasteiger charge is 2.58. The van der Waals surface area contributed by atoms with E-state index in [1.165, 1.54) is 6.42 Å². The van der Waals surface area contributed by atoms with Crippen LogP contribution >= 0.6 is 15.9 Å². The number of halogens is 1. The van der Waals surface area contributed by atoms with Crippen LogP contribution in [0.2, 0.25) is 0 Å². The molecule has 0 radical (unpaired) electrons. The SMILES string of the molecule is O=C1[C@H]2CC[C@]1(Br)[C@H]1C=C[C@@H]2C1. The van der Waals surface area contributed by atoms with E-state index in [1.54, 1.807) is 0 Å². The highest BCUT2D eigenvalue weighted by Crippen LogP contribution is 2.56. The molecule has 0 aromatic rings. The van der Waals surface area contributed by atoms with Gasteiger partial charge in [-0.2, -0.15) is 0 Å². The van der Waals surface area contributed by atoms with Crippen molar-refractivity contribution in [1.29, 1.82) is 0 Å². The summed E-state index contributed by atoms with van der Waals surface area (Å²) in [6, 6.07) is 0. The number of fused-ring (bicyclic) bond motifs is 6. The number of ketones is 1. The summed E-state index contributed by atoms with van der Waals surface area (Å²) in [7, 11) is 0. The van der Waals surface area contributed by atoms with E-state index in [-0.39, 0.29) is 4.32 Å². The summed E-state index contributed by atoms with van der Waals surface area (Å²) in [6.07, 6.45) is 7.88. The smallest absolute Gasteiger partial charge is 0.153 e. The van der Waals surface area contributed by atoms with Crippen molar-refractivity contribution in [2.75, 3.05) is 0 Å². The maximum absolute atomic E-state index is 11.9. The molecule has 3 rings (SSSR count). The monoisotopic (exact) mass is 226 g/mol. The van der Waals surface area contributed by atoms with Crippen molar-refractivity contribution in [3.63, 3.8) is 0 Å². The van der Waals surface area contributed by atoms with Gasteiger partial charge in [-0.25, -0.2) is 0 Å². The Balaban J connectivity index is 2.14. The van der Waals surface area contributed by atoms with Gasteiger partial charge in [-0.05, 0) is 31.1 Å². The van der Waals surface area contributed by atoms with Gasteiger partial charge in [0.15, 0.2) is 5.78 Å². The summed E-state index contributed by atoms with van der Waals surface area (Å²) < 4.78 is -0.152. The predicted octanol–water partition coefficient (Wildman–Crippen LogP) is 2.31. The Kier molecular flexibility index (Phi) is 1.24. The summed E-state index contributed by atoms with van der Waals surface area (Å²) >= 11 is 3.65. The molecule has 1 nitrogen and oxygen atoms in total. The Morgan fingerprint density at radius 3 is 3.17 bits per heavy atom.